The van der Waals surface area contributed by atoms with Crippen LogP contribution in [0.15, 0.2) is 29.8 Å². The van der Waals surface area contributed by atoms with Gasteiger partial charge in [0.2, 0.25) is 5.91 Å². The van der Waals surface area contributed by atoms with Crippen molar-refractivity contribution in [1.29, 1.82) is 0 Å². The average Bonchev–Trinajstić information content (AvgIpc) is 2.76. The predicted octanol–water partition coefficient (Wildman–Crippen LogP) is 1.40. The molecule has 0 aromatic heterocycles. The van der Waals surface area contributed by atoms with Crippen molar-refractivity contribution in [3.8, 4) is 5.75 Å². The van der Waals surface area contributed by atoms with E-state index in [1.165, 1.54) is 0 Å². The Morgan fingerprint density at radius 2 is 1.95 bits per heavy atom. The lowest BCUT2D eigenvalue weighted by Crippen LogP contribution is -2.35. The molecule has 1 aromatic carbocycles. The monoisotopic (exact) mass is 303 g/mol. The van der Waals surface area contributed by atoms with Crippen LogP contribution in [0.4, 0.5) is 0 Å². The van der Waals surface area contributed by atoms with Crippen molar-refractivity contribution in [2.24, 2.45) is 0 Å². The topological polar surface area (TPSA) is 72.9 Å². The molecule has 6 nitrogen and oxygen atoms in total. The zero-order valence-corrected chi connectivity index (χ0v) is 12.5. The van der Waals surface area contributed by atoms with Crippen molar-refractivity contribution < 1.29 is 23.9 Å². The maximum atomic E-state index is 12.2. The Hall–Kier alpha value is -2.63. The van der Waals surface area contributed by atoms with Gasteiger partial charge in [0.1, 0.15) is 12.3 Å². The number of carbonyl (C=O) groups is 3. The Morgan fingerprint density at radius 3 is 2.55 bits per heavy atom. The molecular formula is C16H17NO5. The number of likely N-dealkylation sites (tertiary alicyclic amines) is 1. The maximum Gasteiger partial charge on any atom is 0.326 e. The number of benzene rings is 1. The highest BCUT2D eigenvalue weighted by Crippen LogP contribution is 2.22. The van der Waals surface area contributed by atoms with E-state index in [-0.39, 0.29) is 19.6 Å². The van der Waals surface area contributed by atoms with Crippen LogP contribution >= 0.6 is 0 Å². The van der Waals surface area contributed by atoms with Crippen LogP contribution in [-0.4, -0.2) is 42.9 Å². The van der Waals surface area contributed by atoms with E-state index >= 15 is 0 Å². The number of esters is 1. The van der Waals surface area contributed by atoms with Crippen molar-refractivity contribution >= 4 is 23.9 Å². The van der Waals surface area contributed by atoms with Crippen LogP contribution in [0.25, 0.3) is 6.08 Å². The molecule has 0 atom stereocenters. The summed E-state index contributed by atoms with van der Waals surface area (Å²) in [6.45, 7) is 1.54. The molecule has 6 heteroatoms. The zero-order chi connectivity index (χ0) is 16.1. The molecule has 0 N–H and O–H groups in total. The van der Waals surface area contributed by atoms with E-state index in [1.807, 2.05) is 0 Å². The molecule has 0 unspecified atom stereocenters. The molecule has 1 fully saturated rings. The van der Waals surface area contributed by atoms with Crippen molar-refractivity contribution in [3.63, 3.8) is 0 Å². The van der Waals surface area contributed by atoms with Crippen LogP contribution in [-0.2, 0) is 19.1 Å². The number of ether oxygens (including phenoxy) is 2. The Morgan fingerprint density at radius 1 is 1.27 bits per heavy atom. The van der Waals surface area contributed by atoms with Crippen LogP contribution < -0.4 is 4.74 Å². The number of carbonyl (C=O) groups excluding carboxylic acids is 3. The standard InChI is InChI=1S/C16H17NO5/c1-3-22-15(19)10-17-14(18)9-12(16(17)20)8-11-4-6-13(21-2)7-5-11/h4-8H,3,9-10H2,1-2H3/b12-8+. The second-order valence-electron chi connectivity index (χ2n) is 4.71. The zero-order valence-electron chi connectivity index (χ0n) is 12.5. The van der Waals surface area contributed by atoms with Gasteiger partial charge < -0.3 is 9.47 Å². The van der Waals surface area contributed by atoms with Gasteiger partial charge in [0.05, 0.1) is 20.1 Å². The summed E-state index contributed by atoms with van der Waals surface area (Å²) < 4.78 is 9.82. The summed E-state index contributed by atoms with van der Waals surface area (Å²) in [4.78, 5) is 36.4. The highest BCUT2D eigenvalue weighted by atomic mass is 16.5. The predicted molar refractivity (Wildman–Crippen MR) is 78.9 cm³/mol. The molecule has 0 aliphatic carbocycles. The quantitative estimate of drug-likeness (QED) is 0.467. The van der Waals surface area contributed by atoms with E-state index in [0.717, 1.165) is 10.5 Å². The highest BCUT2D eigenvalue weighted by molar-refractivity contribution is 6.16. The number of hydrogen-bond acceptors (Lipinski definition) is 5. The van der Waals surface area contributed by atoms with Crippen LogP contribution in [0.3, 0.4) is 0 Å². The lowest BCUT2D eigenvalue weighted by molar-refractivity contribution is -0.151. The minimum Gasteiger partial charge on any atom is -0.497 e. The van der Waals surface area contributed by atoms with E-state index in [1.54, 1.807) is 44.4 Å². The smallest absolute Gasteiger partial charge is 0.326 e. The van der Waals surface area contributed by atoms with E-state index in [9.17, 15) is 14.4 Å². The summed E-state index contributed by atoms with van der Waals surface area (Å²) in [6.07, 6.45) is 1.63. The van der Waals surface area contributed by atoms with Crippen LogP contribution in [0, 0.1) is 0 Å². The summed E-state index contributed by atoms with van der Waals surface area (Å²) in [5.41, 5.74) is 1.15. The first-order valence-electron chi connectivity index (χ1n) is 6.90. The van der Waals surface area contributed by atoms with Crippen LogP contribution in [0.1, 0.15) is 18.9 Å². The molecule has 0 radical (unpaired) electrons. The van der Waals surface area contributed by atoms with Gasteiger partial charge in [-0.15, -0.1) is 0 Å². The number of hydrogen-bond donors (Lipinski definition) is 0. The molecule has 0 bridgehead atoms. The fourth-order valence-corrected chi connectivity index (χ4v) is 2.13. The lowest BCUT2D eigenvalue weighted by atomic mass is 10.1. The third-order valence-corrected chi connectivity index (χ3v) is 3.21. The van der Waals surface area contributed by atoms with Crippen molar-refractivity contribution in [2.45, 2.75) is 13.3 Å². The molecule has 1 heterocycles. The molecule has 1 aromatic rings. The summed E-state index contributed by atoms with van der Waals surface area (Å²) in [7, 11) is 1.57. The minimum absolute atomic E-state index is 0.00966. The second kappa shape index (κ2) is 6.89. The van der Waals surface area contributed by atoms with Gasteiger partial charge >= 0.3 is 5.97 Å². The van der Waals surface area contributed by atoms with Gasteiger partial charge in [-0.25, -0.2) is 0 Å². The molecule has 2 amide bonds. The number of imide groups is 1. The van der Waals surface area contributed by atoms with Crippen molar-refractivity contribution in [3.05, 3.63) is 35.4 Å². The average molecular weight is 303 g/mol. The first-order chi connectivity index (χ1) is 10.5. The molecule has 0 saturated carbocycles. The molecule has 1 aliphatic heterocycles. The first-order valence-corrected chi connectivity index (χ1v) is 6.90. The fraction of sp³-hybridized carbons (Fsp3) is 0.312. The second-order valence-corrected chi connectivity index (χ2v) is 4.71. The van der Waals surface area contributed by atoms with E-state index in [0.29, 0.717) is 11.3 Å². The summed E-state index contributed by atoms with van der Waals surface area (Å²) in [6, 6.07) is 7.11. The van der Waals surface area contributed by atoms with Gasteiger partial charge in [0.25, 0.3) is 5.91 Å². The number of rotatable bonds is 5. The van der Waals surface area contributed by atoms with Gasteiger partial charge in [-0.3, -0.25) is 19.3 Å². The molecule has 1 aliphatic rings. The van der Waals surface area contributed by atoms with Crippen molar-refractivity contribution in [1.82, 2.24) is 4.90 Å². The highest BCUT2D eigenvalue weighted by Gasteiger charge is 2.35. The Labute approximate surface area is 128 Å². The molecule has 2 rings (SSSR count). The maximum absolute atomic E-state index is 12.2. The van der Waals surface area contributed by atoms with Crippen LogP contribution in [0.2, 0.25) is 0 Å². The molecule has 22 heavy (non-hydrogen) atoms. The molecule has 1 saturated heterocycles. The number of amides is 2. The number of methoxy groups -OCH3 is 1. The normalized spacial score (nSPS) is 16.3. The van der Waals surface area contributed by atoms with Gasteiger partial charge in [-0.05, 0) is 30.7 Å². The van der Waals surface area contributed by atoms with Gasteiger partial charge in [0, 0.05) is 5.57 Å². The van der Waals surface area contributed by atoms with E-state index < -0.39 is 17.8 Å². The molecule has 116 valence electrons. The van der Waals surface area contributed by atoms with Crippen LogP contribution in [0.5, 0.6) is 5.75 Å². The Bertz CT molecular complexity index is 618. The summed E-state index contributed by atoms with van der Waals surface area (Å²) in [5, 5.41) is 0. The summed E-state index contributed by atoms with van der Waals surface area (Å²) >= 11 is 0. The van der Waals surface area contributed by atoms with Crippen molar-refractivity contribution in [2.75, 3.05) is 20.3 Å². The van der Waals surface area contributed by atoms with E-state index in [4.69, 9.17) is 9.47 Å². The lowest BCUT2D eigenvalue weighted by Gasteiger charge is -2.11. The van der Waals surface area contributed by atoms with Gasteiger partial charge in [-0.2, -0.15) is 0 Å². The first kappa shape index (κ1) is 15.8. The molecule has 0 spiro atoms. The van der Waals surface area contributed by atoms with Gasteiger partial charge in [0.15, 0.2) is 0 Å². The van der Waals surface area contributed by atoms with Gasteiger partial charge in [-0.1, -0.05) is 12.1 Å². The van der Waals surface area contributed by atoms with E-state index in [2.05, 4.69) is 0 Å². The third kappa shape index (κ3) is 3.52. The SMILES string of the molecule is CCOC(=O)CN1C(=O)C/C(=C\c2ccc(OC)cc2)C1=O. The number of nitrogens with zero attached hydrogens (tertiary/aromatic N) is 1. The fourth-order valence-electron chi connectivity index (χ4n) is 2.13. The Balaban J connectivity index is 2.12. The Kier molecular flexibility index (Phi) is 4.93. The third-order valence-electron chi connectivity index (χ3n) is 3.21. The largest absolute Gasteiger partial charge is 0.497 e. The summed E-state index contributed by atoms with van der Waals surface area (Å²) in [5.74, 6) is -0.721. The minimum atomic E-state index is -0.588. The molecular weight excluding hydrogens is 286 g/mol.